The van der Waals surface area contributed by atoms with Gasteiger partial charge in [-0.3, -0.25) is 4.79 Å². The van der Waals surface area contributed by atoms with Gasteiger partial charge in [-0.05, 0) is 85.9 Å². The number of ether oxygens (including phenoxy) is 1. The lowest BCUT2D eigenvalue weighted by Crippen LogP contribution is -2.56. The summed E-state index contributed by atoms with van der Waals surface area (Å²) in [6.45, 7) is 12.4. The van der Waals surface area contributed by atoms with Crippen molar-refractivity contribution in [3.63, 3.8) is 0 Å². The molecule has 3 aliphatic carbocycles. The van der Waals surface area contributed by atoms with Crippen LogP contribution in [-0.2, 0) is 9.53 Å². The topological polar surface area (TPSA) is 26.3 Å². The molecule has 1 aliphatic heterocycles. The molecule has 0 N–H and O–H groups in total. The van der Waals surface area contributed by atoms with Crippen LogP contribution < -0.4 is 0 Å². The van der Waals surface area contributed by atoms with Crippen LogP contribution in [0.25, 0.3) is 0 Å². The molecule has 0 bridgehead atoms. The third kappa shape index (κ3) is 3.35. The van der Waals surface area contributed by atoms with Crippen LogP contribution in [0.3, 0.4) is 0 Å². The third-order valence-corrected chi connectivity index (χ3v) is 10.1. The Morgan fingerprint density at radius 1 is 0.929 bits per heavy atom. The molecule has 0 spiro atoms. The van der Waals surface area contributed by atoms with E-state index in [4.69, 9.17) is 4.74 Å². The quantitative estimate of drug-likeness (QED) is 0.473. The molecule has 1 saturated heterocycles. The van der Waals surface area contributed by atoms with Gasteiger partial charge in [-0.1, -0.05) is 53.9 Å². The Bertz CT molecular complexity index is 583. The van der Waals surface area contributed by atoms with Crippen LogP contribution in [0.1, 0.15) is 105 Å². The lowest BCUT2D eigenvalue weighted by molar-refractivity contribution is -0.192. The van der Waals surface area contributed by atoms with Gasteiger partial charge in [0.1, 0.15) is 6.10 Å². The van der Waals surface area contributed by atoms with Gasteiger partial charge in [0.15, 0.2) is 0 Å². The highest BCUT2D eigenvalue weighted by molar-refractivity contribution is 5.70. The Hall–Kier alpha value is -0.530. The second-order valence-electron chi connectivity index (χ2n) is 12.0. The molecule has 3 saturated carbocycles. The monoisotopic (exact) mass is 388 g/mol. The summed E-state index contributed by atoms with van der Waals surface area (Å²) in [6.07, 6.45) is 14.3. The number of carbonyl (C=O) groups excluding carboxylic acids is 1. The minimum atomic E-state index is 0.0534. The predicted octanol–water partition coefficient (Wildman–Crippen LogP) is 7.01. The van der Waals surface area contributed by atoms with Gasteiger partial charge in [-0.25, -0.2) is 0 Å². The first-order valence-corrected chi connectivity index (χ1v) is 12.4. The molecule has 0 amide bonds. The molecule has 28 heavy (non-hydrogen) atoms. The highest BCUT2D eigenvalue weighted by Crippen LogP contribution is 2.67. The molecule has 0 aromatic rings. The summed E-state index contributed by atoms with van der Waals surface area (Å²) < 4.78 is 5.86. The van der Waals surface area contributed by atoms with Crippen LogP contribution in [0.4, 0.5) is 0 Å². The van der Waals surface area contributed by atoms with Crippen LogP contribution in [0, 0.1) is 46.3 Å². The molecule has 3 unspecified atom stereocenters. The van der Waals surface area contributed by atoms with Gasteiger partial charge in [0, 0.05) is 11.8 Å². The first-order valence-electron chi connectivity index (χ1n) is 12.4. The van der Waals surface area contributed by atoms with Gasteiger partial charge in [0.25, 0.3) is 0 Å². The van der Waals surface area contributed by atoms with Crippen LogP contribution in [-0.4, -0.2) is 12.1 Å². The Morgan fingerprint density at radius 2 is 1.68 bits per heavy atom. The lowest BCUT2D eigenvalue weighted by Gasteiger charge is -2.59. The summed E-state index contributed by atoms with van der Waals surface area (Å²) in [5, 5.41) is 0. The molecule has 4 aliphatic rings. The Balaban J connectivity index is 1.47. The van der Waals surface area contributed by atoms with E-state index in [-0.39, 0.29) is 17.5 Å². The second kappa shape index (κ2) is 7.62. The van der Waals surface area contributed by atoms with E-state index in [2.05, 4.69) is 34.6 Å². The van der Waals surface area contributed by atoms with E-state index in [1.165, 1.54) is 51.4 Å². The first-order chi connectivity index (χ1) is 13.3. The van der Waals surface area contributed by atoms with Gasteiger partial charge in [0.05, 0.1) is 0 Å². The highest BCUT2D eigenvalue weighted by atomic mass is 16.5. The average Bonchev–Trinajstić information content (AvgIpc) is 2.99. The Morgan fingerprint density at radius 3 is 2.43 bits per heavy atom. The van der Waals surface area contributed by atoms with E-state index >= 15 is 0 Å². The Kier molecular flexibility index (Phi) is 5.64. The summed E-state index contributed by atoms with van der Waals surface area (Å²) in [6, 6.07) is 0. The first kappa shape index (κ1) is 20.7. The van der Waals surface area contributed by atoms with Crippen LogP contribution >= 0.6 is 0 Å². The van der Waals surface area contributed by atoms with Crippen molar-refractivity contribution in [2.45, 2.75) is 111 Å². The maximum absolute atomic E-state index is 11.9. The van der Waals surface area contributed by atoms with Crippen LogP contribution in [0.15, 0.2) is 0 Å². The number of hydrogen-bond acceptors (Lipinski definition) is 2. The van der Waals surface area contributed by atoms with E-state index in [1.807, 2.05) is 0 Å². The van der Waals surface area contributed by atoms with Crippen molar-refractivity contribution in [1.29, 1.82) is 0 Å². The molecular weight excluding hydrogens is 344 g/mol. The molecule has 2 nitrogen and oxygen atoms in total. The fraction of sp³-hybridized carbons (Fsp3) is 0.962. The molecule has 160 valence electrons. The zero-order chi connectivity index (χ0) is 20.1. The zero-order valence-corrected chi connectivity index (χ0v) is 19.1. The van der Waals surface area contributed by atoms with Crippen molar-refractivity contribution in [3.05, 3.63) is 0 Å². The maximum Gasteiger partial charge on any atom is 0.306 e. The summed E-state index contributed by atoms with van der Waals surface area (Å²) in [5.41, 5.74) is 0.812. The lowest BCUT2D eigenvalue weighted by atomic mass is 9.47. The fourth-order valence-electron chi connectivity index (χ4n) is 8.57. The summed E-state index contributed by atoms with van der Waals surface area (Å²) in [7, 11) is 0. The average molecular weight is 389 g/mol. The van der Waals surface area contributed by atoms with Crippen LogP contribution in [0.5, 0.6) is 0 Å². The standard InChI is InChI=1S/C26H44O2/c1-17(2)7-6-8-18(3)20-10-11-21-19-9-12-23-26(5,16-14-24(27)28-23)22(19)13-15-25(20,21)4/h17-23H,6-16H2,1-5H3/t18-,19+,20-,21?,22?,23?,25-,26-/m0/s1. The van der Waals surface area contributed by atoms with Crippen molar-refractivity contribution in [2.24, 2.45) is 46.3 Å². The summed E-state index contributed by atoms with van der Waals surface area (Å²) in [4.78, 5) is 11.9. The van der Waals surface area contributed by atoms with E-state index in [1.54, 1.807) is 0 Å². The van der Waals surface area contributed by atoms with E-state index in [0.717, 1.165) is 48.3 Å². The minimum Gasteiger partial charge on any atom is -0.462 e. The summed E-state index contributed by atoms with van der Waals surface area (Å²) in [5.74, 6) is 5.29. The van der Waals surface area contributed by atoms with Gasteiger partial charge >= 0.3 is 5.97 Å². The largest absolute Gasteiger partial charge is 0.462 e. The smallest absolute Gasteiger partial charge is 0.306 e. The van der Waals surface area contributed by atoms with Crippen molar-refractivity contribution in [1.82, 2.24) is 0 Å². The van der Waals surface area contributed by atoms with Crippen molar-refractivity contribution in [3.8, 4) is 0 Å². The van der Waals surface area contributed by atoms with E-state index < -0.39 is 0 Å². The molecule has 2 heteroatoms. The molecule has 0 aromatic carbocycles. The zero-order valence-electron chi connectivity index (χ0n) is 19.1. The van der Waals surface area contributed by atoms with Gasteiger partial charge in [-0.2, -0.15) is 0 Å². The number of esters is 1. The van der Waals surface area contributed by atoms with Gasteiger partial charge in [0.2, 0.25) is 0 Å². The SMILES string of the molecule is CC(C)CCC[C@H](C)[C@@H]1CCC2[C@H]3CCC4OC(=O)CC[C@@]4(C)C3CC[C@]21C. The maximum atomic E-state index is 11.9. The fourth-order valence-corrected chi connectivity index (χ4v) is 8.57. The molecule has 0 radical (unpaired) electrons. The van der Waals surface area contributed by atoms with E-state index in [9.17, 15) is 4.79 Å². The van der Waals surface area contributed by atoms with Crippen molar-refractivity contribution >= 4 is 5.97 Å². The summed E-state index contributed by atoms with van der Waals surface area (Å²) >= 11 is 0. The number of carbonyl (C=O) groups is 1. The Labute approximate surface area is 173 Å². The second-order valence-corrected chi connectivity index (χ2v) is 12.0. The van der Waals surface area contributed by atoms with Crippen molar-refractivity contribution in [2.75, 3.05) is 0 Å². The minimum absolute atomic E-state index is 0.0534. The van der Waals surface area contributed by atoms with Gasteiger partial charge < -0.3 is 4.74 Å². The van der Waals surface area contributed by atoms with Crippen LogP contribution in [0.2, 0.25) is 0 Å². The van der Waals surface area contributed by atoms with Gasteiger partial charge in [-0.15, -0.1) is 0 Å². The van der Waals surface area contributed by atoms with Crippen molar-refractivity contribution < 1.29 is 9.53 Å². The number of rotatable bonds is 5. The third-order valence-electron chi connectivity index (χ3n) is 10.1. The highest BCUT2D eigenvalue weighted by Gasteiger charge is 2.61. The molecule has 4 fully saturated rings. The molecule has 1 heterocycles. The molecule has 4 rings (SSSR count). The van der Waals surface area contributed by atoms with E-state index in [0.29, 0.717) is 11.8 Å². The number of fused-ring (bicyclic) bond motifs is 5. The molecule has 8 atom stereocenters. The molecule has 0 aromatic heterocycles. The molecular formula is C26H44O2. The number of hydrogen-bond donors (Lipinski definition) is 0. The normalized spacial score (nSPS) is 46.5. The predicted molar refractivity (Wildman–Crippen MR) is 115 cm³/mol.